The number of thiocarbonyl (C=S) groups is 1. The van der Waals surface area contributed by atoms with Gasteiger partial charge in [0.1, 0.15) is 10.7 Å². The van der Waals surface area contributed by atoms with Gasteiger partial charge in [0.15, 0.2) is 5.11 Å². The summed E-state index contributed by atoms with van der Waals surface area (Å²) in [7, 11) is 0. The van der Waals surface area contributed by atoms with Crippen LogP contribution in [0.5, 0.6) is 0 Å². The zero-order valence-electron chi connectivity index (χ0n) is 14.8. The summed E-state index contributed by atoms with van der Waals surface area (Å²) in [4.78, 5) is 26.2. The molecule has 1 aromatic carbocycles. The van der Waals surface area contributed by atoms with Gasteiger partial charge in [-0.3, -0.25) is 19.8 Å². The minimum Gasteiger partial charge on any atom is -0.298 e. The number of benzene rings is 1. The number of carbonyl (C=O) groups is 2. The van der Waals surface area contributed by atoms with E-state index in [0.717, 1.165) is 11.3 Å². The number of nitrogens with one attached hydrogen (secondary N) is 1. The van der Waals surface area contributed by atoms with Crippen molar-refractivity contribution in [1.82, 2.24) is 20.0 Å². The molecule has 0 saturated carbocycles. The van der Waals surface area contributed by atoms with Gasteiger partial charge in [0.05, 0.1) is 11.4 Å². The number of carbonyl (C=O) groups excluding carboxylic acids is 2. The van der Waals surface area contributed by atoms with Gasteiger partial charge in [-0.2, -0.15) is 5.10 Å². The molecule has 1 aliphatic heterocycles. The predicted molar refractivity (Wildman–Crippen MR) is 109 cm³/mol. The summed E-state index contributed by atoms with van der Waals surface area (Å²) in [6.07, 6.45) is 2.98. The van der Waals surface area contributed by atoms with E-state index in [1.165, 1.54) is 17.1 Å². The molecule has 2 heterocycles. The van der Waals surface area contributed by atoms with E-state index in [1.54, 1.807) is 11.6 Å². The fraction of sp³-hybridized carbons (Fsp3) is 0.158. The van der Waals surface area contributed by atoms with Crippen molar-refractivity contribution in [3.05, 3.63) is 64.5 Å². The number of nitrogens with zero attached hydrogens (tertiary/aromatic N) is 3. The lowest BCUT2D eigenvalue weighted by Gasteiger charge is -2.27. The van der Waals surface area contributed by atoms with Gasteiger partial charge >= 0.3 is 0 Å². The lowest BCUT2D eigenvalue weighted by molar-refractivity contribution is -0.128. The van der Waals surface area contributed by atoms with Crippen LogP contribution in [-0.4, -0.2) is 38.2 Å². The summed E-state index contributed by atoms with van der Waals surface area (Å²) < 4.78 is 1.57. The molecule has 1 fully saturated rings. The van der Waals surface area contributed by atoms with Crippen molar-refractivity contribution in [2.45, 2.75) is 13.8 Å². The molecule has 1 aromatic heterocycles. The maximum absolute atomic E-state index is 12.7. The SMILES string of the molecule is C=CCN1C(=O)C(=Cc2c(C)nn(-c3ccc(C)cc3)c2Cl)C(=O)NC1=S. The Kier molecular flexibility index (Phi) is 5.25. The van der Waals surface area contributed by atoms with Crippen molar-refractivity contribution in [2.24, 2.45) is 0 Å². The largest absolute Gasteiger partial charge is 0.298 e. The third kappa shape index (κ3) is 3.56. The van der Waals surface area contributed by atoms with Crippen molar-refractivity contribution < 1.29 is 9.59 Å². The molecule has 3 rings (SSSR count). The molecule has 6 nitrogen and oxygen atoms in total. The van der Waals surface area contributed by atoms with E-state index >= 15 is 0 Å². The number of amides is 2. The molecule has 0 spiro atoms. The van der Waals surface area contributed by atoms with Gasteiger partial charge in [0.25, 0.3) is 11.8 Å². The molecule has 2 amide bonds. The molecule has 0 atom stereocenters. The standard InChI is InChI=1S/C19H17ClN4O2S/c1-4-9-23-18(26)15(17(25)21-19(23)27)10-14-12(3)22-24(16(14)20)13-7-5-11(2)6-8-13/h4-8,10H,1,9H2,2-3H3,(H,21,25,27). The van der Waals surface area contributed by atoms with Crippen LogP contribution in [0.3, 0.4) is 0 Å². The van der Waals surface area contributed by atoms with Crippen LogP contribution in [0.15, 0.2) is 42.5 Å². The van der Waals surface area contributed by atoms with Crippen LogP contribution >= 0.6 is 23.8 Å². The second-order valence-electron chi connectivity index (χ2n) is 6.06. The van der Waals surface area contributed by atoms with Crippen LogP contribution in [0.4, 0.5) is 0 Å². The van der Waals surface area contributed by atoms with Crippen LogP contribution in [0.25, 0.3) is 11.8 Å². The Morgan fingerprint density at radius 2 is 1.93 bits per heavy atom. The highest BCUT2D eigenvalue weighted by Gasteiger charge is 2.33. The van der Waals surface area contributed by atoms with Crippen molar-refractivity contribution >= 4 is 46.8 Å². The average molecular weight is 401 g/mol. The lowest BCUT2D eigenvalue weighted by atomic mass is 10.1. The van der Waals surface area contributed by atoms with E-state index in [2.05, 4.69) is 17.0 Å². The quantitative estimate of drug-likeness (QED) is 0.371. The highest BCUT2D eigenvalue weighted by molar-refractivity contribution is 7.80. The molecule has 0 radical (unpaired) electrons. The maximum atomic E-state index is 12.7. The van der Waals surface area contributed by atoms with Crippen molar-refractivity contribution in [1.29, 1.82) is 0 Å². The van der Waals surface area contributed by atoms with Crippen LogP contribution in [-0.2, 0) is 9.59 Å². The van der Waals surface area contributed by atoms with Crippen molar-refractivity contribution in [2.75, 3.05) is 6.54 Å². The first-order valence-corrected chi connectivity index (χ1v) is 8.94. The van der Waals surface area contributed by atoms with Crippen LogP contribution in [0.2, 0.25) is 5.15 Å². The van der Waals surface area contributed by atoms with E-state index in [9.17, 15) is 9.59 Å². The Bertz CT molecular complexity index is 992. The van der Waals surface area contributed by atoms with Gasteiger partial charge < -0.3 is 0 Å². The van der Waals surface area contributed by atoms with E-state index in [4.69, 9.17) is 23.8 Å². The Labute approximate surface area is 167 Å². The van der Waals surface area contributed by atoms with Crippen LogP contribution < -0.4 is 5.32 Å². The van der Waals surface area contributed by atoms with E-state index in [-0.39, 0.29) is 17.2 Å². The van der Waals surface area contributed by atoms with Crippen LogP contribution in [0, 0.1) is 13.8 Å². The Morgan fingerprint density at radius 1 is 1.26 bits per heavy atom. The molecule has 0 aliphatic carbocycles. The van der Waals surface area contributed by atoms with Gasteiger partial charge in [0, 0.05) is 12.1 Å². The molecule has 27 heavy (non-hydrogen) atoms. The van der Waals surface area contributed by atoms with Gasteiger partial charge in [-0.1, -0.05) is 35.4 Å². The molecule has 138 valence electrons. The van der Waals surface area contributed by atoms with E-state index in [1.807, 2.05) is 31.2 Å². The molecule has 2 aromatic rings. The van der Waals surface area contributed by atoms with E-state index < -0.39 is 11.8 Å². The fourth-order valence-corrected chi connectivity index (χ4v) is 3.24. The molecule has 0 unspecified atom stereocenters. The fourth-order valence-electron chi connectivity index (χ4n) is 2.67. The number of aryl methyl sites for hydroxylation is 2. The van der Waals surface area contributed by atoms with E-state index in [0.29, 0.717) is 16.4 Å². The highest BCUT2D eigenvalue weighted by Crippen LogP contribution is 2.27. The first kappa shape index (κ1) is 19.0. The minimum absolute atomic E-state index is 0.0558. The Morgan fingerprint density at radius 3 is 2.56 bits per heavy atom. The van der Waals surface area contributed by atoms with Gasteiger partial charge in [-0.15, -0.1) is 6.58 Å². The summed E-state index contributed by atoms with van der Waals surface area (Å²) >= 11 is 11.6. The third-order valence-electron chi connectivity index (χ3n) is 4.11. The van der Waals surface area contributed by atoms with Crippen LogP contribution in [0.1, 0.15) is 16.8 Å². The summed E-state index contributed by atoms with van der Waals surface area (Å²) in [5.41, 5.74) is 2.94. The third-order valence-corrected chi connectivity index (χ3v) is 4.80. The summed E-state index contributed by atoms with van der Waals surface area (Å²) in [5.74, 6) is -1.06. The first-order chi connectivity index (χ1) is 12.8. The number of aromatic nitrogens is 2. The minimum atomic E-state index is -0.566. The number of hydrogen-bond acceptors (Lipinski definition) is 4. The van der Waals surface area contributed by atoms with Gasteiger partial charge in [-0.25, -0.2) is 4.68 Å². The van der Waals surface area contributed by atoms with Gasteiger partial charge in [0.2, 0.25) is 0 Å². The Balaban J connectivity index is 2.05. The second kappa shape index (κ2) is 7.46. The molecule has 1 N–H and O–H groups in total. The molecule has 0 bridgehead atoms. The molecular formula is C19H17ClN4O2S. The number of hydrogen-bond donors (Lipinski definition) is 1. The normalized spacial score (nSPS) is 16.0. The van der Waals surface area contributed by atoms with Crippen molar-refractivity contribution in [3.8, 4) is 5.69 Å². The smallest absolute Gasteiger partial charge is 0.265 e. The van der Waals surface area contributed by atoms with Gasteiger partial charge in [-0.05, 0) is 44.3 Å². The second-order valence-corrected chi connectivity index (χ2v) is 6.80. The molecule has 8 heteroatoms. The first-order valence-electron chi connectivity index (χ1n) is 8.15. The maximum Gasteiger partial charge on any atom is 0.265 e. The summed E-state index contributed by atoms with van der Waals surface area (Å²) in [6, 6.07) is 7.70. The number of halogens is 1. The Hall–Kier alpha value is -2.77. The summed E-state index contributed by atoms with van der Waals surface area (Å²) in [5, 5.41) is 7.32. The molecule has 1 aliphatic rings. The summed E-state index contributed by atoms with van der Waals surface area (Å²) in [6.45, 7) is 7.55. The highest BCUT2D eigenvalue weighted by atomic mass is 35.5. The lowest BCUT2D eigenvalue weighted by Crippen LogP contribution is -2.53. The zero-order valence-corrected chi connectivity index (χ0v) is 16.4. The topological polar surface area (TPSA) is 67.2 Å². The number of rotatable bonds is 4. The molecule has 1 saturated heterocycles. The average Bonchev–Trinajstić information content (AvgIpc) is 2.90. The predicted octanol–water partition coefficient (Wildman–Crippen LogP) is 2.96. The zero-order chi connectivity index (χ0) is 19.7. The van der Waals surface area contributed by atoms with Crippen molar-refractivity contribution in [3.63, 3.8) is 0 Å². The molecular weight excluding hydrogens is 384 g/mol. The monoisotopic (exact) mass is 400 g/mol.